The number of benzene rings is 1. The summed E-state index contributed by atoms with van der Waals surface area (Å²) in [6.07, 6.45) is 1.37. The Labute approximate surface area is 119 Å². The van der Waals surface area contributed by atoms with E-state index in [9.17, 15) is 0 Å². The van der Waals surface area contributed by atoms with Gasteiger partial charge in [0.2, 0.25) is 0 Å². The predicted octanol–water partition coefficient (Wildman–Crippen LogP) is 3.91. The van der Waals surface area contributed by atoms with Crippen molar-refractivity contribution in [3.63, 3.8) is 0 Å². The molecule has 102 valence electrons. The molecule has 1 aromatic carbocycles. The van der Waals surface area contributed by atoms with Gasteiger partial charge in [-0.3, -0.25) is 4.98 Å². The zero-order valence-corrected chi connectivity index (χ0v) is 11.9. The zero-order chi connectivity index (χ0) is 14.4. The molecular weight excluding hydrogens is 248 g/mol. The van der Waals surface area contributed by atoms with E-state index in [0.717, 1.165) is 34.7 Å². The second kappa shape index (κ2) is 6.72. The van der Waals surface area contributed by atoms with Gasteiger partial charge in [-0.05, 0) is 37.1 Å². The Bertz CT molecular complexity index is 629. The van der Waals surface area contributed by atoms with Gasteiger partial charge < -0.3 is 4.74 Å². The molecule has 2 aromatic rings. The highest BCUT2D eigenvalue weighted by atomic mass is 16.5. The molecule has 0 aliphatic heterocycles. The van der Waals surface area contributed by atoms with Crippen LogP contribution < -0.4 is 4.74 Å². The molecule has 0 aliphatic carbocycles. The first kappa shape index (κ1) is 14.1. The number of aryl methyl sites for hydroxylation is 1. The highest BCUT2D eigenvalue weighted by molar-refractivity contribution is 5.67. The molecule has 0 atom stereocenters. The van der Waals surface area contributed by atoms with E-state index in [1.54, 1.807) is 0 Å². The van der Waals surface area contributed by atoms with E-state index < -0.39 is 0 Å². The average molecular weight is 266 g/mol. The number of aromatic nitrogens is 1. The summed E-state index contributed by atoms with van der Waals surface area (Å²) in [6.45, 7) is 4.72. The number of nitrogens with zero attached hydrogens (tertiary/aromatic N) is 2. The lowest BCUT2D eigenvalue weighted by Crippen LogP contribution is -1.99. The van der Waals surface area contributed by atoms with E-state index in [4.69, 9.17) is 10.00 Å². The third-order valence-corrected chi connectivity index (χ3v) is 3.09. The number of ether oxygens (including phenoxy) is 1. The summed E-state index contributed by atoms with van der Waals surface area (Å²) in [4.78, 5) is 4.60. The molecule has 0 amide bonds. The SMILES string of the molecule is CCCOc1ccccc1-c1ccc(CC#N)c(C)n1. The first-order chi connectivity index (χ1) is 9.76. The molecule has 0 saturated carbocycles. The van der Waals surface area contributed by atoms with Crippen LogP contribution in [0, 0.1) is 18.3 Å². The van der Waals surface area contributed by atoms with E-state index in [2.05, 4.69) is 18.0 Å². The molecule has 0 unspecified atom stereocenters. The van der Waals surface area contributed by atoms with Gasteiger partial charge in [0.25, 0.3) is 0 Å². The summed E-state index contributed by atoms with van der Waals surface area (Å²) in [7, 11) is 0. The Hall–Kier alpha value is -2.34. The van der Waals surface area contributed by atoms with Crippen molar-refractivity contribution in [2.75, 3.05) is 6.61 Å². The maximum atomic E-state index is 8.77. The number of hydrogen-bond acceptors (Lipinski definition) is 3. The van der Waals surface area contributed by atoms with Crippen molar-refractivity contribution < 1.29 is 4.74 Å². The van der Waals surface area contributed by atoms with Gasteiger partial charge in [0.15, 0.2) is 0 Å². The van der Waals surface area contributed by atoms with E-state index in [1.807, 2.05) is 43.3 Å². The van der Waals surface area contributed by atoms with Crippen molar-refractivity contribution in [3.8, 4) is 23.1 Å². The Morgan fingerprint density at radius 3 is 2.70 bits per heavy atom. The van der Waals surface area contributed by atoms with Crippen LogP contribution in [0.5, 0.6) is 5.75 Å². The molecule has 1 aromatic heterocycles. The lowest BCUT2D eigenvalue weighted by molar-refractivity contribution is 0.318. The molecule has 0 spiro atoms. The third kappa shape index (κ3) is 3.16. The van der Waals surface area contributed by atoms with Gasteiger partial charge in [-0.1, -0.05) is 25.1 Å². The monoisotopic (exact) mass is 266 g/mol. The van der Waals surface area contributed by atoms with Crippen molar-refractivity contribution in [2.45, 2.75) is 26.7 Å². The van der Waals surface area contributed by atoms with Crippen LogP contribution in [0.15, 0.2) is 36.4 Å². The van der Waals surface area contributed by atoms with Crippen LogP contribution in [0.25, 0.3) is 11.3 Å². The smallest absolute Gasteiger partial charge is 0.128 e. The minimum atomic E-state index is 0.396. The molecule has 2 rings (SSSR count). The number of para-hydroxylation sites is 1. The summed E-state index contributed by atoms with van der Waals surface area (Å²) in [5.41, 5.74) is 3.75. The van der Waals surface area contributed by atoms with Crippen molar-refractivity contribution in [2.24, 2.45) is 0 Å². The van der Waals surface area contributed by atoms with Crippen LogP contribution in [-0.2, 0) is 6.42 Å². The van der Waals surface area contributed by atoms with Crippen LogP contribution >= 0.6 is 0 Å². The lowest BCUT2D eigenvalue weighted by Gasteiger charge is -2.11. The summed E-state index contributed by atoms with van der Waals surface area (Å²) in [6, 6.07) is 14.0. The van der Waals surface area contributed by atoms with Crippen molar-refractivity contribution in [1.82, 2.24) is 4.98 Å². The topological polar surface area (TPSA) is 45.9 Å². The van der Waals surface area contributed by atoms with E-state index in [-0.39, 0.29) is 0 Å². The van der Waals surface area contributed by atoms with Gasteiger partial charge in [0.1, 0.15) is 5.75 Å². The third-order valence-electron chi connectivity index (χ3n) is 3.09. The van der Waals surface area contributed by atoms with Crippen LogP contribution in [0.3, 0.4) is 0 Å². The normalized spacial score (nSPS) is 10.1. The number of rotatable bonds is 5. The summed E-state index contributed by atoms with van der Waals surface area (Å²) in [5, 5.41) is 8.77. The number of hydrogen-bond donors (Lipinski definition) is 0. The van der Waals surface area contributed by atoms with Crippen LogP contribution in [0.1, 0.15) is 24.6 Å². The van der Waals surface area contributed by atoms with Gasteiger partial charge in [0.05, 0.1) is 24.8 Å². The fourth-order valence-electron chi connectivity index (χ4n) is 2.03. The molecular formula is C17H18N2O. The molecule has 0 aliphatic rings. The maximum Gasteiger partial charge on any atom is 0.128 e. The van der Waals surface area contributed by atoms with Gasteiger partial charge >= 0.3 is 0 Å². The lowest BCUT2D eigenvalue weighted by atomic mass is 10.1. The Balaban J connectivity index is 2.36. The molecule has 1 heterocycles. The van der Waals surface area contributed by atoms with Crippen molar-refractivity contribution in [1.29, 1.82) is 5.26 Å². The quantitative estimate of drug-likeness (QED) is 0.824. The molecule has 0 saturated heterocycles. The predicted molar refractivity (Wildman–Crippen MR) is 79.5 cm³/mol. The number of nitriles is 1. The second-order valence-electron chi connectivity index (χ2n) is 4.62. The number of pyridine rings is 1. The van der Waals surface area contributed by atoms with Crippen LogP contribution in [0.2, 0.25) is 0 Å². The first-order valence-corrected chi connectivity index (χ1v) is 6.82. The molecule has 3 nitrogen and oxygen atoms in total. The van der Waals surface area contributed by atoms with Gasteiger partial charge in [0, 0.05) is 11.3 Å². The van der Waals surface area contributed by atoms with Crippen LogP contribution in [0.4, 0.5) is 0 Å². The minimum absolute atomic E-state index is 0.396. The van der Waals surface area contributed by atoms with Gasteiger partial charge in [-0.2, -0.15) is 5.26 Å². The van der Waals surface area contributed by atoms with Gasteiger partial charge in [-0.15, -0.1) is 0 Å². The van der Waals surface area contributed by atoms with E-state index in [0.29, 0.717) is 13.0 Å². The fraction of sp³-hybridized carbons (Fsp3) is 0.294. The second-order valence-corrected chi connectivity index (χ2v) is 4.62. The summed E-state index contributed by atoms with van der Waals surface area (Å²) < 4.78 is 5.77. The zero-order valence-electron chi connectivity index (χ0n) is 11.9. The average Bonchev–Trinajstić information content (AvgIpc) is 2.48. The van der Waals surface area contributed by atoms with E-state index in [1.165, 1.54) is 0 Å². The molecule has 0 fully saturated rings. The Morgan fingerprint density at radius 1 is 1.20 bits per heavy atom. The van der Waals surface area contributed by atoms with Crippen molar-refractivity contribution in [3.05, 3.63) is 47.7 Å². The molecule has 0 N–H and O–H groups in total. The summed E-state index contributed by atoms with van der Waals surface area (Å²) >= 11 is 0. The highest BCUT2D eigenvalue weighted by Gasteiger charge is 2.08. The Kier molecular flexibility index (Phi) is 4.73. The van der Waals surface area contributed by atoms with E-state index >= 15 is 0 Å². The Morgan fingerprint density at radius 2 is 2.00 bits per heavy atom. The van der Waals surface area contributed by atoms with Gasteiger partial charge in [-0.25, -0.2) is 0 Å². The molecule has 20 heavy (non-hydrogen) atoms. The fourth-order valence-corrected chi connectivity index (χ4v) is 2.03. The standard InChI is InChI=1S/C17H18N2O/c1-3-12-20-17-7-5-4-6-15(17)16-9-8-14(10-11-18)13(2)19-16/h4-9H,3,10,12H2,1-2H3. The maximum absolute atomic E-state index is 8.77. The molecule has 0 radical (unpaired) electrons. The first-order valence-electron chi connectivity index (χ1n) is 6.82. The minimum Gasteiger partial charge on any atom is -0.493 e. The molecule has 3 heteroatoms. The molecule has 0 bridgehead atoms. The highest BCUT2D eigenvalue weighted by Crippen LogP contribution is 2.29. The van der Waals surface area contributed by atoms with Crippen molar-refractivity contribution >= 4 is 0 Å². The largest absolute Gasteiger partial charge is 0.493 e. The summed E-state index contributed by atoms with van der Waals surface area (Å²) in [5.74, 6) is 0.856. The van der Waals surface area contributed by atoms with Crippen LogP contribution in [-0.4, -0.2) is 11.6 Å².